The number of benzene rings is 12. The van der Waals surface area contributed by atoms with E-state index in [1.807, 2.05) is 90.3 Å². The SMILES string of the molecule is c1ccc(-c2cccc(N(c3ccc4oc5ccccc5c4c3)c3ccc4c5cc6c(cc5n(-c5ccnc(-c7nc(-c8ccccc8)nc(-c8ccccc8)n7)c5)c4c3)sc3cc4c5ccccc5c5ccccc5c4cc36)c2)cc1. The molecule has 17 aromatic rings. The van der Waals surface area contributed by atoms with Gasteiger partial charge in [0, 0.05) is 81.8 Å². The number of fused-ring (bicyclic) bond motifs is 15. The van der Waals surface area contributed by atoms with Crippen LogP contribution in [0, 0.1) is 0 Å². The summed E-state index contributed by atoms with van der Waals surface area (Å²) in [5.41, 5.74) is 12.5. The highest BCUT2D eigenvalue weighted by atomic mass is 32.1. The highest BCUT2D eigenvalue weighted by Crippen LogP contribution is 2.47. The number of furan rings is 1. The summed E-state index contributed by atoms with van der Waals surface area (Å²) in [6, 6.07) is 93.0. The molecule has 0 aliphatic rings. The third-order valence-electron chi connectivity index (χ3n) is 16.2. The number of hydrogen-bond acceptors (Lipinski definition) is 7. The number of nitrogens with zero attached hydrogens (tertiary/aromatic N) is 6. The van der Waals surface area contributed by atoms with Crippen molar-refractivity contribution in [3.05, 3.63) is 267 Å². The molecule has 0 amide bonds. The smallest absolute Gasteiger partial charge is 0.182 e. The zero-order chi connectivity index (χ0) is 53.8. The van der Waals surface area contributed by atoms with Crippen LogP contribution in [0.1, 0.15) is 0 Å². The molecule has 12 aromatic carbocycles. The molecular weight excluding hydrogens is 1020 g/mol. The van der Waals surface area contributed by atoms with Gasteiger partial charge in [-0.2, -0.15) is 0 Å². The third-order valence-corrected chi connectivity index (χ3v) is 17.3. The van der Waals surface area contributed by atoms with E-state index in [9.17, 15) is 0 Å². The Balaban J connectivity index is 0.922. The fraction of sp³-hybridized carbons (Fsp3) is 0. The van der Waals surface area contributed by atoms with Crippen LogP contribution in [-0.4, -0.2) is 24.5 Å². The Morgan fingerprint density at radius 2 is 0.841 bits per heavy atom. The second-order valence-electron chi connectivity index (χ2n) is 21.0. The van der Waals surface area contributed by atoms with E-state index in [1.165, 1.54) is 52.5 Å². The Labute approximate surface area is 473 Å². The first kappa shape index (κ1) is 46.1. The monoisotopic (exact) mass is 1060 g/mol. The van der Waals surface area contributed by atoms with E-state index in [0.717, 1.165) is 88.7 Å². The van der Waals surface area contributed by atoms with Crippen molar-refractivity contribution in [2.24, 2.45) is 0 Å². The van der Waals surface area contributed by atoms with Crippen molar-refractivity contribution in [2.45, 2.75) is 0 Å². The van der Waals surface area contributed by atoms with Crippen molar-refractivity contribution < 1.29 is 4.42 Å². The highest BCUT2D eigenvalue weighted by molar-refractivity contribution is 7.26. The first-order valence-corrected chi connectivity index (χ1v) is 28.3. The van der Waals surface area contributed by atoms with Gasteiger partial charge >= 0.3 is 0 Å². The molecule has 0 aliphatic heterocycles. The van der Waals surface area contributed by atoms with Gasteiger partial charge in [0.05, 0.1) is 11.0 Å². The summed E-state index contributed by atoms with van der Waals surface area (Å²) in [7, 11) is 0. The van der Waals surface area contributed by atoms with Gasteiger partial charge in [-0.15, -0.1) is 11.3 Å². The minimum Gasteiger partial charge on any atom is -0.456 e. The minimum atomic E-state index is 0.488. The van der Waals surface area contributed by atoms with Gasteiger partial charge in [0.2, 0.25) is 0 Å². The van der Waals surface area contributed by atoms with Crippen LogP contribution in [0.25, 0.3) is 147 Å². The molecule has 0 radical (unpaired) electrons. The topological polar surface area (TPSA) is 72.9 Å². The average Bonchev–Trinajstić information content (AvgIpc) is 4.38. The molecule has 5 aromatic heterocycles. The molecule has 5 heterocycles. The number of aromatic nitrogens is 5. The summed E-state index contributed by atoms with van der Waals surface area (Å²) in [6.07, 6.45) is 1.88. The standard InChI is InChI=1S/C74H44N6OS/c1-4-17-45(18-5-1)48-23-16-24-49(37-48)79(50-32-34-69-62(38-50)58-29-14-15-30-68(58)81-69)51-31-33-57-61-42-64-63-41-59-55-27-12-10-25-53(55)54-26-11-13-28-56(54)60(59)43-70(63)82-71(64)44-67(61)80(66(57)40-51)52-35-36-75-65(39-52)74-77-72(46-19-6-2-7-20-46)76-73(78-74)47-21-8-3-9-22-47/h1-44H. The van der Waals surface area contributed by atoms with Crippen molar-refractivity contribution in [3.8, 4) is 51.1 Å². The Kier molecular flexibility index (Phi) is 10.3. The Hall–Kier alpha value is -10.8. The number of anilines is 3. The van der Waals surface area contributed by atoms with Crippen molar-refractivity contribution in [3.63, 3.8) is 0 Å². The molecule has 8 heteroatoms. The van der Waals surface area contributed by atoms with Crippen LogP contribution in [0.4, 0.5) is 17.1 Å². The molecule has 17 rings (SSSR count). The Bertz CT molecular complexity index is 5360. The van der Waals surface area contributed by atoms with Crippen LogP contribution < -0.4 is 4.90 Å². The molecule has 0 atom stereocenters. The minimum absolute atomic E-state index is 0.488. The first-order chi connectivity index (χ1) is 40.6. The van der Waals surface area contributed by atoms with Crippen molar-refractivity contribution in [1.29, 1.82) is 0 Å². The van der Waals surface area contributed by atoms with E-state index in [2.05, 4.69) is 198 Å². The lowest BCUT2D eigenvalue weighted by molar-refractivity contribution is 0.669. The molecule has 0 unspecified atom stereocenters. The van der Waals surface area contributed by atoms with Gasteiger partial charge in [-0.1, -0.05) is 176 Å². The van der Waals surface area contributed by atoms with E-state index < -0.39 is 0 Å². The molecule has 82 heavy (non-hydrogen) atoms. The van der Waals surface area contributed by atoms with Gasteiger partial charge < -0.3 is 13.9 Å². The Morgan fingerprint density at radius 3 is 1.55 bits per heavy atom. The lowest BCUT2D eigenvalue weighted by Gasteiger charge is -2.26. The second kappa shape index (κ2) is 18.4. The maximum atomic E-state index is 6.40. The summed E-state index contributed by atoms with van der Waals surface area (Å²) in [5.74, 6) is 1.65. The third kappa shape index (κ3) is 7.43. The van der Waals surface area contributed by atoms with Gasteiger partial charge in [-0.3, -0.25) is 4.98 Å². The van der Waals surface area contributed by atoms with Crippen molar-refractivity contribution >= 4 is 125 Å². The van der Waals surface area contributed by atoms with Crippen LogP contribution in [-0.2, 0) is 0 Å². The van der Waals surface area contributed by atoms with Gasteiger partial charge in [-0.05, 0) is 128 Å². The zero-order valence-electron chi connectivity index (χ0n) is 43.9. The quantitative estimate of drug-likeness (QED) is 0.141. The number of thiophene rings is 1. The van der Waals surface area contributed by atoms with Crippen LogP contribution in [0.5, 0.6) is 0 Å². The normalized spacial score (nSPS) is 11.9. The van der Waals surface area contributed by atoms with Crippen molar-refractivity contribution in [2.75, 3.05) is 4.90 Å². The summed E-state index contributed by atoms with van der Waals surface area (Å²) in [4.78, 5) is 22.7. The van der Waals surface area contributed by atoms with Gasteiger partial charge in [-0.25, -0.2) is 15.0 Å². The summed E-state index contributed by atoms with van der Waals surface area (Å²) < 4.78 is 11.3. The van der Waals surface area contributed by atoms with Gasteiger partial charge in [0.15, 0.2) is 17.5 Å². The lowest BCUT2D eigenvalue weighted by Crippen LogP contribution is -2.10. The fourth-order valence-corrected chi connectivity index (χ4v) is 13.6. The molecular formula is C74H44N6OS. The maximum absolute atomic E-state index is 6.40. The van der Waals surface area contributed by atoms with E-state index in [4.69, 9.17) is 24.4 Å². The maximum Gasteiger partial charge on any atom is 0.182 e. The molecule has 0 aliphatic carbocycles. The Morgan fingerprint density at radius 1 is 0.317 bits per heavy atom. The number of pyridine rings is 1. The number of rotatable bonds is 8. The molecule has 0 saturated carbocycles. The number of hydrogen-bond donors (Lipinski definition) is 0. The van der Waals surface area contributed by atoms with E-state index in [1.54, 1.807) is 0 Å². The largest absolute Gasteiger partial charge is 0.456 e. The molecule has 7 nitrogen and oxygen atoms in total. The summed E-state index contributed by atoms with van der Waals surface area (Å²) in [5, 5.41) is 14.5. The average molecular weight is 1070 g/mol. The number of para-hydroxylation sites is 1. The fourth-order valence-electron chi connectivity index (χ4n) is 12.4. The predicted molar refractivity (Wildman–Crippen MR) is 341 cm³/mol. The van der Waals surface area contributed by atoms with Gasteiger partial charge in [0.1, 0.15) is 16.9 Å². The molecule has 0 fully saturated rings. The van der Waals surface area contributed by atoms with Crippen LogP contribution in [0.3, 0.4) is 0 Å². The van der Waals surface area contributed by atoms with E-state index in [0.29, 0.717) is 23.2 Å². The zero-order valence-corrected chi connectivity index (χ0v) is 44.7. The van der Waals surface area contributed by atoms with Crippen LogP contribution >= 0.6 is 11.3 Å². The van der Waals surface area contributed by atoms with Crippen molar-refractivity contribution in [1.82, 2.24) is 24.5 Å². The summed E-state index contributed by atoms with van der Waals surface area (Å²) >= 11 is 1.85. The lowest BCUT2D eigenvalue weighted by atomic mass is 9.93. The van der Waals surface area contributed by atoms with Gasteiger partial charge in [0.25, 0.3) is 0 Å². The second-order valence-corrected chi connectivity index (χ2v) is 22.0. The molecule has 0 N–H and O–H groups in total. The van der Waals surface area contributed by atoms with Crippen LogP contribution in [0.2, 0.25) is 0 Å². The van der Waals surface area contributed by atoms with Crippen LogP contribution in [0.15, 0.2) is 271 Å². The summed E-state index contributed by atoms with van der Waals surface area (Å²) in [6.45, 7) is 0. The predicted octanol–water partition coefficient (Wildman–Crippen LogP) is 20.2. The highest BCUT2D eigenvalue weighted by Gasteiger charge is 2.23. The van der Waals surface area contributed by atoms with E-state index >= 15 is 0 Å². The molecule has 0 bridgehead atoms. The van der Waals surface area contributed by atoms with E-state index in [-0.39, 0.29) is 0 Å². The molecule has 0 saturated heterocycles. The first-order valence-electron chi connectivity index (χ1n) is 27.5. The molecule has 0 spiro atoms. The molecule has 382 valence electrons.